The van der Waals surface area contributed by atoms with Gasteiger partial charge in [0.05, 0.1) is 18.5 Å². The smallest absolute Gasteiger partial charge is 0.386 e. The van der Waals surface area contributed by atoms with Crippen molar-refractivity contribution in [3.63, 3.8) is 0 Å². The van der Waals surface area contributed by atoms with Crippen LogP contribution in [0.2, 0.25) is 0 Å². The Labute approximate surface area is 179 Å². The monoisotopic (exact) mass is 440 g/mol. The molecule has 1 atom stereocenters. The highest BCUT2D eigenvalue weighted by Gasteiger charge is 2.31. The second-order valence-corrected chi connectivity index (χ2v) is 7.33. The molecule has 0 saturated carbocycles. The summed E-state index contributed by atoms with van der Waals surface area (Å²) in [6.45, 7) is 2.69. The SMILES string of the molecule is CC(F)(F)F.CCCCc1cc(N)n(-c2ccc3c(c2)CN(C=O)C(C(=O)OC)C3)n1. The first-order valence-electron chi connectivity index (χ1n) is 9.89. The lowest BCUT2D eigenvalue weighted by atomic mass is 9.94. The number of unbranched alkanes of at least 4 members (excludes halogenated alkanes) is 1. The van der Waals surface area contributed by atoms with Crippen molar-refractivity contribution in [1.29, 1.82) is 0 Å². The van der Waals surface area contributed by atoms with Gasteiger partial charge in [-0.25, -0.2) is 9.48 Å². The predicted octanol–water partition coefficient (Wildman–Crippen LogP) is 3.42. The number of nitrogens with two attached hydrogens (primary N) is 1. The molecule has 1 aromatic carbocycles. The number of rotatable bonds is 6. The maximum atomic E-state index is 11.9. The van der Waals surface area contributed by atoms with Crippen molar-refractivity contribution in [3.8, 4) is 5.69 Å². The number of aromatic nitrogens is 2. The molecule has 1 aromatic heterocycles. The van der Waals surface area contributed by atoms with Crippen LogP contribution < -0.4 is 5.73 Å². The minimum Gasteiger partial charge on any atom is -0.467 e. The first kappa shape index (κ1) is 24.2. The number of ether oxygens (including phenoxy) is 1. The summed E-state index contributed by atoms with van der Waals surface area (Å²) in [6, 6.07) is 7.21. The number of methoxy groups -OCH3 is 1. The molecular weight excluding hydrogens is 413 g/mol. The summed E-state index contributed by atoms with van der Waals surface area (Å²) in [5.41, 5.74) is 9.97. The molecule has 1 amide bonds. The molecule has 2 heterocycles. The molecule has 1 aliphatic rings. The van der Waals surface area contributed by atoms with E-state index < -0.39 is 18.2 Å². The summed E-state index contributed by atoms with van der Waals surface area (Å²) >= 11 is 0. The molecule has 170 valence electrons. The van der Waals surface area contributed by atoms with Crippen molar-refractivity contribution in [1.82, 2.24) is 14.7 Å². The third kappa shape index (κ3) is 6.73. The van der Waals surface area contributed by atoms with Crippen molar-refractivity contribution in [2.45, 2.75) is 58.3 Å². The van der Waals surface area contributed by atoms with Gasteiger partial charge in [0.15, 0.2) is 0 Å². The molecule has 31 heavy (non-hydrogen) atoms. The van der Waals surface area contributed by atoms with Gasteiger partial charge in [-0.05, 0) is 36.1 Å². The number of hydrogen-bond donors (Lipinski definition) is 1. The molecule has 3 rings (SSSR count). The van der Waals surface area contributed by atoms with E-state index in [1.807, 2.05) is 24.3 Å². The van der Waals surface area contributed by atoms with Crippen LogP contribution in [-0.2, 0) is 33.7 Å². The van der Waals surface area contributed by atoms with E-state index in [1.165, 1.54) is 12.0 Å². The Hall–Kier alpha value is -3.04. The van der Waals surface area contributed by atoms with Crippen LogP contribution in [-0.4, -0.2) is 46.4 Å². The lowest BCUT2D eigenvalue weighted by molar-refractivity contribution is -0.150. The van der Waals surface area contributed by atoms with Crippen molar-refractivity contribution in [2.75, 3.05) is 12.8 Å². The van der Waals surface area contributed by atoms with Gasteiger partial charge in [-0.1, -0.05) is 19.4 Å². The largest absolute Gasteiger partial charge is 0.467 e. The van der Waals surface area contributed by atoms with E-state index in [-0.39, 0.29) is 6.92 Å². The fraction of sp³-hybridized carbons (Fsp3) is 0.476. The number of halogens is 3. The molecule has 0 spiro atoms. The van der Waals surface area contributed by atoms with Gasteiger partial charge in [0, 0.05) is 26.0 Å². The number of esters is 1. The molecule has 1 unspecified atom stereocenters. The summed E-state index contributed by atoms with van der Waals surface area (Å²) < 4.78 is 37.6. The molecule has 0 bridgehead atoms. The van der Waals surface area contributed by atoms with Gasteiger partial charge in [0.1, 0.15) is 11.9 Å². The fourth-order valence-corrected chi connectivity index (χ4v) is 3.32. The van der Waals surface area contributed by atoms with E-state index in [2.05, 4.69) is 12.0 Å². The van der Waals surface area contributed by atoms with Gasteiger partial charge >= 0.3 is 12.1 Å². The first-order chi connectivity index (χ1) is 14.6. The minimum absolute atomic E-state index is 0.188. The Morgan fingerprint density at radius 1 is 1.32 bits per heavy atom. The molecule has 7 nitrogen and oxygen atoms in total. The Kier molecular flexibility index (Phi) is 8.07. The van der Waals surface area contributed by atoms with Gasteiger partial charge in [-0.2, -0.15) is 18.3 Å². The number of carbonyl (C=O) groups is 2. The van der Waals surface area contributed by atoms with E-state index in [0.717, 1.165) is 41.8 Å². The van der Waals surface area contributed by atoms with Crippen LogP contribution in [0.25, 0.3) is 5.69 Å². The number of amides is 1. The summed E-state index contributed by atoms with van der Waals surface area (Å²) in [5.74, 6) is 0.190. The standard InChI is InChI=1S/C19H24N4O3.C2H3F3/c1-3-4-5-15-10-18(20)23(21-15)16-7-6-13-9-17(19(25)26-2)22(12-24)11-14(13)8-16;1-2(3,4)5/h6-8,10,12,17H,3-5,9,11,20H2,1-2H3;1H3. The number of anilines is 1. The second kappa shape index (κ2) is 10.3. The lowest BCUT2D eigenvalue weighted by Crippen LogP contribution is -2.45. The zero-order valence-corrected chi connectivity index (χ0v) is 17.8. The van der Waals surface area contributed by atoms with Crippen LogP contribution >= 0.6 is 0 Å². The van der Waals surface area contributed by atoms with Crippen LogP contribution in [0.1, 0.15) is 43.5 Å². The molecule has 2 N–H and O–H groups in total. The molecular formula is C21H27F3N4O3. The van der Waals surface area contributed by atoms with Crippen LogP contribution in [0.4, 0.5) is 19.0 Å². The van der Waals surface area contributed by atoms with Crippen molar-refractivity contribution >= 4 is 18.2 Å². The molecule has 1 aliphatic heterocycles. The molecule has 0 aliphatic carbocycles. The zero-order valence-electron chi connectivity index (χ0n) is 17.8. The average molecular weight is 440 g/mol. The Balaban J connectivity index is 0.000000614. The number of nitrogens with zero attached hydrogens (tertiary/aromatic N) is 3. The first-order valence-corrected chi connectivity index (χ1v) is 9.89. The molecule has 10 heteroatoms. The van der Waals surface area contributed by atoms with Gasteiger partial charge in [-0.15, -0.1) is 0 Å². The summed E-state index contributed by atoms with van der Waals surface area (Å²) in [4.78, 5) is 24.8. The van der Waals surface area contributed by atoms with E-state index >= 15 is 0 Å². The van der Waals surface area contributed by atoms with Gasteiger partial charge < -0.3 is 15.4 Å². The average Bonchev–Trinajstić information content (AvgIpc) is 3.09. The molecule has 0 radical (unpaired) electrons. The molecule has 2 aromatic rings. The molecule has 0 fully saturated rings. The van der Waals surface area contributed by atoms with E-state index in [4.69, 9.17) is 10.5 Å². The van der Waals surface area contributed by atoms with Crippen LogP contribution in [0.5, 0.6) is 0 Å². The zero-order chi connectivity index (χ0) is 23.2. The topological polar surface area (TPSA) is 90.5 Å². The number of aryl methyl sites for hydroxylation is 1. The predicted molar refractivity (Wildman–Crippen MR) is 109 cm³/mol. The second-order valence-electron chi connectivity index (χ2n) is 7.33. The lowest BCUT2D eigenvalue weighted by Gasteiger charge is -2.32. The number of nitrogen functional groups attached to an aromatic ring is 1. The van der Waals surface area contributed by atoms with Crippen molar-refractivity contribution in [3.05, 3.63) is 41.1 Å². The van der Waals surface area contributed by atoms with Gasteiger partial charge in [0.2, 0.25) is 6.41 Å². The summed E-state index contributed by atoms with van der Waals surface area (Å²) in [6.07, 6.45) is 0.219. The van der Waals surface area contributed by atoms with Crippen LogP contribution in [0.3, 0.4) is 0 Å². The van der Waals surface area contributed by atoms with Gasteiger partial charge in [0.25, 0.3) is 0 Å². The van der Waals surface area contributed by atoms with E-state index in [0.29, 0.717) is 25.2 Å². The van der Waals surface area contributed by atoms with Crippen molar-refractivity contribution in [2.24, 2.45) is 0 Å². The maximum absolute atomic E-state index is 11.9. The van der Waals surface area contributed by atoms with E-state index in [9.17, 15) is 22.8 Å². The Morgan fingerprint density at radius 2 is 2.00 bits per heavy atom. The van der Waals surface area contributed by atoms with Gasteiger partial charge in [-0.3, -0.25) is 4.79 Å². The Bertz CT molecular complexity index is 906. The maximum Gasteiger partial charge on any atom is 0.386 e. The highest BCUT2D eigenvalue weighted by molar-refractivity contribution is 5.79. The third-order valence-electron chi connectivity index (χ3n) is 4.78. The number of fused-ring (bicyclic) bond motifs is 1. The minimum atomic E-state index is -4.00. The quantitative estimate of drug-likeness (QED) is 0.549. The highest BCUT2D eigenvalue weighted by atomic mass is 19.4. The third-order valence-corrected chi connectivity index (χ3v) is 4.78. The highest BCUT2D eigenvalue weighted by Crippen LogP contribution is 2.26. The number of benzene rings is 1. The number of alkyl halides is 3. The van der Waals surface area contributed by atoms with Crippen molar-refractivity contribution < 1.29 is 27.5 Å². The number of hydrogen-bond acceptors (Lipinski definition) is 5. The number of carbonyl (C=O) groups excluding carboxylic acids is 2. The molecule has 0 saturated heterocycles. The summed E-state index contributed by atoms with van der Waals surface area (Å²) in [7, 11) is 1.33. The summed E-state index contributed by atoms with van der Waals surface area (Å²) in [5, 5.41) is 4.60. The van der Waals surface area contributed by atoms with Crippen LogP contribution in [0.15, 0.2) is 24.3 Å². The Morgan fingerprint density at radius 3 is 2.58 bits per heavy atom. The van der Waals surface area contributed by atoms with Crippen LogP contribution in [0, 0.1) is 0 Å². The normalized spacial score (nSPS) is 15.5. The fourth-order valence-electron chi connectivity index (χ4n) is 3.32. The van der Waals surface area contributed by atoms with E-state index in [1.54, 1.807) is 4.68 Å².